The third-order valence-corrected chi connectivity index (χ3v) is 2.32. The van der Waals surface area contributed by atoms with Crippen molar-refractivity contribution in [2.75, 3.05) is 13.6 Å². The molecular formula is C11H16N2O. The lowest BCUT2D eigenvalue weighted by Crippen LogP contribution is -2.17. The van der Waals surface area contributed by atoms with Crippen LogP contribution >= 0.6 is 0 Å². The third-order valence-electron chi connectivity index (χ3n) is 2.32. The minimum Gasteiger partial charge on any atom is -0.355 e. The number of nitrogens with one attached hydrogen (secondary N) is 1. The molecule has 0 heterocycles. The maximum Gasteiger partial charge on any atom is 0.251 e. The highest BCUT2D eigenvalue weighted by molar-refractivity contribution is 5.93. The summed E-state index contributed by atoms with van der Waals surface area (Å²) < 4.78 is 0. The zero-order valence-electron chi connectivity index (χ0n) is 8.58. The Morgan fingerprint density at radius 1 is 1.43 bits per heavy atom. The highest BCUT2D eigenvalue weighted by Crippen LogP contribution is 2.14. The Balaban J connectivity index is 2.83. The summed E-state index contributed by atoms with van der Waals surface area (Å²) in [7, 11) is 1.62. The van der Waals surface area contributed by atoms with E-state index in [1.807, 2.05) is 24.3 Å². The van der Waals surface area contributed by atoms with E-state index in [9.17, 15) is 4.79 Å². The van der Waals surface area contributed by atoms with E-state index in [1.165, 1.54) is 5.56 Å². The Hall–Kier alpha value is -1.35. The molecule has 0 aliphatic heterocycles. The summed E-state index contributed by atoms with van der Waals surface area (Å²) in [6.07, 6.45) is 0. The highest BCUT2D eigenvalue weighted by Gasteiger charge is 2.05. The standard InChI is InChI=1S/C11H16N2O/c1-8(7-12)9-3-5-10(6-4-9)11(14)13-2/h3-6,8H,7,12H2,1-2H3,(H,13,14). The third kappa shape index (κ3) is 2.33. The molecule has 0 saturated carbocycles. The molecule has 76 valence electrons. The summed E-state index contributed by atoms with van der Waals surface area (Å²) in [5.41, 5.74) is 7.40. The molecule has 0 radical (unpaired) electrons. The van der Waals surface area contributed by atoms with Gasteiger partial charge in [0.2, 0.25) is 0 Å². The zero-order valence-corrected chi connectivity index (χ0v) is 8.58. The second-order valence-corrected chi connectivity index (χ2v) is 3.34. The lowest BCUT2D eigenvalue weighted by molar-refractivity contribution is 0.0963. The van der Waals surface area contributed by atoms with Crippen LogP contribution < -0.4 is 11.1 Å². The molecule has 1 aromatic rings. The van der Waals surface area contributed by atoms with E-state index in [1.54, 1.807) is 7.05 Å². The molecule has 1 amide bonds. The maximum atomic E-state index is 11.2. The summed E-state index contributed by atoms with van der Waals surface area (Å²) in [4.78, 5) is 11.2. The number of nitrogens with two attached hydrogens (primary N) is 1. The van der Waals surface area contributed by atoms with Crippen molar-refractivity contribution in [3.63, 3.8) is 0 Å². The van der Waals surface area contributed by atoms with Crippen LogP contribution in [0, 0.1) is 0 Å². The molecule has 3 N–H and O–H groups in total. The van der Waals surface area contributed by atoms with E-state index in [0.29, 0.717) is 18.0 Å². The monoisotopic (exact) mass is 192 g/mol. The molecule has 1 rings (SSSR count). The van der Waals surface area contributed by atoms with E-state index in [-0.39, 0.29) is 5.91 Å². The van der Waals surface area contributed by atoms with Crippen LogP contribution in [0.25, 0.3) is 0 Å². The van der Waals surface area contributed by atoms with Gasteiger partial charge in [0.05, 0.1) is 0 Å². The molecule has 0 saturated heterocycles. The highest BCUT2D eigenvalue weighted by atomic mass is 16.1. The molecule has 0 fully saturated rings. The van der Waals surface area contributed by atoms with Crippen molar-refractivity contribution in [1.82, 2.24) is 5.32 Å². The number of amides is 1. The number of hydrogen-bond acceptors (Lipinski definition) is 2. The first-order chi connectivity index (χ1) is 6.69. The summed E-state index contributed by atoms with van der Waals surface area (Å²) in [5, 5.41) is 2.58. The Bertz CT molecular complexity index is 306. The average Bonchev–Trinajstić information content (AvgIpc) is 2.27. The summed E-state index contributed by atoms with van der Waals surface area (Å²) >= 11 is 0. The van der Waals surface area contributed by atoms with Crippen LogP contribution in [0.4, 0.5) is 0 Å². The second-order valence-electron chi connectivity index (χ2n) is 3.34. The lowest BCUT2D eigenvalue weighted by atomic mass is 10.00. The van der Waals surface area contributed by atoms with E-state index in [4.69, 9.17) is 5.73 Å². The smallest absolute Gasteiger partial charge is 0.251 e. The van der Waals surface area contributed by atoms with Gasteiger partial charge in [-0.3, -0.25) is 4.79 Å². The maximum absolute atomic E-state index is 11.2. The molecule has 0 spiro atoms. The molecule has 0 aromatic heterocycles. The Labute approximate surface area is 84.3 Å². The van der Waals surface area contributed by atoms with Gasteiger partial charge in [-0.2, -0.15) is 0 Å². The molecule has 1 atom stereocenters. The molecule has 3 nitrogen and oxygen atoms in total. The van der Waals surface area contributed by atoms with Crippen LogP contribution in [0.2, 0.25) is 0 Å². The fraction of sp³-hybridized carbons (Fsp3) is 0.364. The normalized spacial score (nSPS) is 12.2. The van der Waals surface area contributed by atoms with Gasteiger partial charge in [0.15, 0.2) is 0 Å². The van der Waals surface area contributed by atoms with E-state index >= 15 is 0 Å². The van der Waals surface area contributed by atoms with Gasteiger partial charge in [0, 0.05) is 12.6 Å². The molecule has 3 heteroatoms. The number of carbonyl (C=O) groups is 1. The fourth-order valence-corrected chi connectivity index (χ4v) is 1.24. The van der Waals surface area contributed by atoms with Crippen molar-refractivity contribution in [3.8, 4) is 0 Å². The molecule has 1 aromatic carbocycles. The quantitative estimate of drug-likeness (QED) is 0.753. The average molecular weight is 192 g/mol. The number of hydrogen-bond donors (Lipinski definition) is 2. The van der Waals surface area contributed by atoms with Crippen LogP contribution in [0.5, 0.6) is 0 Å². The SMILES string of the molecule is CNC(=O)c1ccc(C(C)CN)cc1. The first-order valence-electron chi connectivity index (χ1n) is 4.71. The minimum absolute atomic E-state index is 0.0584. The van der Waals surface area contributed by atoms with Crippen LogP contribution in [-0.4, -0.2) is 19.5 Å². The van der Waals surface area contributed by atoms with Crippen molar-refractivity contribution in [2.24, 2.45) is 5.73 Å². The molecular weight excluding hydrogens is 176 g/mol. The first-order valence-corrected chi connectivity index (χ1v) is 4.71. The van der Waals surface area contributed by atoms with Crippen molar-refractivity contribution in [2.45, 2.75) is 12.8 Å². The van der Waals surface area contributed by atoms with Gasteiger partial charge in [0.1, 0.15) is 0 Å². The van der Waals surface area contributed by atoms with Crippen molar-refractivity contribution in [3.05, 3.63) is 35.4 Å². The molecule has 0 bridgehead atoms. The fourth-order valence-electron chi connectivity index (χ4n) is 1.24. The van der Waals surface area contributed by atoms with Crippen LogP contribution in [0.3, 0.4) is 0 Å². The zero-order chi connectivity index (χ0) is 10.6. The molecule has 0 aliphatic rings. The van der Waals surface area contributed by atoms with Crippen LogP contribution in [-0.2, 0) is 0 Å². The van der Waals surface area contributed by atoms with Gasteiger partial charge >= 0.3 is 0 Å². The molecule has 14 heavy (non-hydrogen) atoms. The van der Waals surface area contributed by atoms with Gasteiger partial charge in [0.25, 0.3) is 5.91 Å². The van der Waals surface area contributed by atoms with E-state index in [0.717, 1.165) is 0 Å². The van der Waals surface area contributed by atoms with Crippen LogP contribution in [0.15, 0.2) is 24.3 Å². The summed E-state index contributed by atoms with van der Waals surface area (Å²) in [6.45, 7) is 2.69. The Morgan fingerprint density at radius 2 is 2.00 bits per heavy atom. The lowest BCUT2D eigenvalue weighted by Gasteiger charge is -2.08. The molecule has 1 unspecified atom stereocenters. The Morgan fingerprint density at radius 3 is 2.43 bits per heavy atom. The minimum atomic E-state index is -0.0584. The predicted molar refractivity (Wildman–Crippen MR) is 57.3 cm³/mol. The molecule has 0 aliphatic carbocycles. The van der Waals surface area contributed by atoms with Crippen molar-refractivity contribution >= 4 is 5.91 Å². The Kier molecular flexibility index (Phi) is 3.65. The predicted octanol–water partition coefficient (Wildman–Crippen LogP) is 1.11. The van der Waals surface area contributed by atoms with E-state index < -0.39 is 0 Å². The first kappa shape index (κ1) is 10.7. The summed E-state index contributed by atoms with van der Waals surface area (Å²) in [5.74, 6) is 0.283. The number of benzene rings is 1. The van der Waals surface area contributed by atoms with Gasteiger partial charge in [-0.1, -0.05) is 19.1 Å². The van der Waals surface area contributed by atoms with Gasteiger partial charge < -0.3 is 11.1 Å². The van der Waals surface area contributed by atoms with Crippen molar-refractivity contribution in [1.29, 1.82) is 0 Å². The van der Waals surface area contributed by atoms with E-state index in [2.05, 4.69) is 12.2 Å². The topological polar surface area (TPSA) is 55.1 Å². The summed E-state index contributed by atoms with van der Waals surface area (Å²) in [6, 6.07) is 7.53. The number of carbonyl (C=O) groups excluding carboxylic acids is 1. The van der Waals surface area contributed by atoms with Gasteiger partial charge in [-0.25, -0.2) is 0 Å². The van der Waals surface area contributed by atoms with Gasteiger partial charge in [-0.15, -0.1) is 0 Å². The van der Waals surface area contributed by atoms with Gasteiger partial charge in [-0.05, 0) is 30.2 Å². The largest absolute Gasteiger partial charge is 0.355 e. The van der Waals surface area contributed by atoms with Crippen LogP contribution in [0.1, 0.15) is 28.8 Å². The van der Waals surface area contributed by atoms with Crippen molar-refractivity contribution < 1.29 is 4.79 Å². The number of rotatable bonds is 3. The second kappa shape index (κ2) is 4.77.